The highest BCUT2D eigenvalue weighted by Gasteiger charge is 2.23. The van der Waals surface area contributed by atoms with Crippen LogP contribution < -0.4 is 10.2 Å². The Kier molecular flexibility index (Phi) is 4.25. The SMILES string of the molecule is CC1CN(c2cccc(Cl)c2CNC2CC2)CCS1. The maximum Gasteiger partial charge on any atom is 0.0471 e. The molecule has 1 unspecified atom stereocenters. The van der Waals surface area contributed by atoms with Crippen LogP contribution in [0.15, 0.2) is 18.2 Å². The van der Waals surface area contributed by atoms with Crippen LogP contribution in [-0.2, 0) is 6.54 Å². The molecule has 1 aliphatic heterocycles. The topological polar surface area (TPSA) is 15.3 Å². The van der Waals surface area contributed by atoms with Gasteiger partial charge in [0.05, 0.1) is 0 Å². The summed E-state index contributed by atoms with van der Waals surface area (Å²) in [4.78, 5) is 2.50. The highest BCUT2D eigenvalue weighted by atomic mass is 35.5. The summed E-state index contributed by atoms with van der Waals surface area (Å²) in [6, 6.07) is 7.03. The van der Waals surface area contributed by atoms with Crippen molar-refractivity contribution in [1.82, 2.24) is 5.32 Å². The molecule has 2 fully saturated rings. The summed E-state index contributed by atoms with van der Waals surface area (Å²) in [5, 5.41) is 5.19. The van der Waals surface area contributed by atoms with E-state index < -0.39 is 0 Å². The van der Waals surface area contributed by atoms with E-state index in [0.717, 1.165) is 30.7 Å². The number of nitrogens with one attached hydrogen (secondary N) is 1. The fourth-order valence-corrected chi connectivity index (χ4v) is 3.84. The summed E-state index contributed by atoms with van der Waals surface area (Å²) < 4.78 is 0. The zero-order valence-electron chi connectivity index (χ0n) is 11.4. The van der Waals surface area contributed by atoms with Crippen LogP contribution in [0.1, 0.15) is 25.3 Å². The lowest BCUT2D eigenvalue weighted by Gasteiger charge is -2.34. The monoisotopic (exact) mass is 296 g/mol. The molecule has 1 atom stereocenters. The quantitative estimate of drug-likeness (QED) is 0.915. The van der Waals surface area contributed by atoms with Crippen molar-refractivity contribution in [2.75, 3.05) is 23.7 Å². The van der Waals surface area contributed by atoms with Crippen molar-refractivity contribution in [3.8, 4) is 0 Å². The molecule has 0 amide bonds. The molecular formula is C15H21ClN2S. The van der Waals surface area contributed by atoms with Gasteiger partial charge >= 0.3 is 0 Å². The molecule has 1 aliphatic carbocycles. The second kappa shape index (κ2) is 5.94. The number of anilines is 1. The van der Waals surface area contributed by atoms with Crippen LogP contribution in [0.4, 0.5) is 5.69 Å². The smallest absolute Gasteiger partial charge is 0.0471 e. The number of rotatable bonds is 4. The average Bonchev–Trinajstić information content (AvgIpc) is 3.21. The first kappa shape index (κ1) is 13.6. The molecule has 0 bridgehead atoms. The van der Waals surface area contributed by atoms with Crippen LogP contribution in [0.2, 0.25) is 5.02 Å². The second-order valence-corrected chi connectivity index (χ2v) is 7.47. The zero-order valence-corrected chi connectivity index (χ0v) is 12.9. The van der Waals surface area contributed by atoms with E-state index >= 15 is 0 Å². The Morgan fingerprint density at radius 1 is 1.42 bits per heavy atom. The van der Waals surface area contributed by atoms with Crippen LogP contribution in [0.5, 0.6) is 0 Å². The molecule has 0 spiro atoms. The molecule has 1 saturated carbocycles. The first-order valence-electron chi connectivity index (χ1n) is 7.11. The van der Waals surface area contributed by atoms with Crippen molar-refractivity contribution in [2.45, 2.75) is 37.6 Å². The molecule has 1 aromatic rings. The van der Waals surface area contributed by atoms with E-state index in [4.69, 9.17) is 11.6 Å². The third kappa shape index (κ3) is 3.39. The molecule has 4 heteroatoms. The minimum atomic E-state index is 0.706. The van der Waals surface area contributed by atoms with Gasteiger partial charge in [-0.2, -0.15) is 11.8 Å². The summed E-state index contributed by atoms with van der Waals surface area (Å²) in [6.07, 6.45) is 2.63. The van der Waals surface area contributed by atoms with Crippen molar-refractivity contribution in [3.63, 3.8) is 0 Å². The zero-order chi connectivity index (χ0) is 13.2. The van der Waals surface area contributed by atoms with Crippen LogP contribution in [-0.4, -0.2) is 30.1 Å². The van der Waals surface area contributed by atoms with E-state index in [1.54, 1.807) is 0 Å². The third-order valence-corrected chi connectivity index (χ3v) is 5.31. The predicted octanol–water partition coefficient (Wildman–Crippen LogP) is 3.53. The highest BCUT2D eigenvalue weighted by molar-refractivity contribution is 8.00. The largest absolute Gasteiger partial charge is 0.369 e. The Balaban J connectivity index is 1.79. The van der Waals surface area contributed by atoms with Crippen molar-refractivity contribution < 1.29 is 0 Å². The Hall–Kier alpha value is -0.380. The number of halogens is 1. The molecule has 1 heterocycles. The summed E-state index contributed by atoms with van der Waals surface area (Å²) in [6.45, 7) is 5.47. The molecule has 1 saturated heterocycles. The van der Waals surface area contributed by atoms with Crippen molar-refractivity contribution in [3.05, 3.63) is 28.8 Å². The molecule has 1 aromatic carbocycles. The fraction of sp³-hybridized carbons (Fsp3) is 0.600. The average molecular weight is 297 g/mol. The summed E-state index contributed by atoms with van der Waals surface area (Å²) in [5.41, 5.74) is 2.60. The maximum absolute atomic E-state index is 6.42. The van der Waals surface area contributed by atoms with Crippen molar-refractivity contribution in [2.24, 2.45) is 0 Å². The van der Waals surface area contributed by atoms with E-state index in [-0.39, 0.29) is 0 Å². The number of benzene rings is 1. The Morgan fingerprint density at radius 2 is 2.26 bits per heavy atom. The fourth-order valence-electron chi connectivity index (χ4n) is 2.59. The van der Waals surface area contributed by atoms with Gasteiger partial charge in [0.2, 0.25) is 0 Å². The van der Waals surface area contributed by atoms with Gasteiger partial charge in [0, 0.05) is 53.0 Å². The van der Waals surface area contributed by atoms with Gasteiger partial charge in [0.15, 0.2) is 0 Å². The van der Waals surface area contributed by atoms with E-state index in [0.29, 0.717) is 5.25 Å². The van der Waals surface area contributed by atoms with Crippen molar-refractivity contribution >= 4 is 29.1 Å². The van der Waals surface area contributed by atoms with Gasteiger partial charge in [-0.05, 0) is 25.0 Å². The van der Waals surface area contributed by atoms with Gasteiger partial charge in [-0.15, -0.1) is 0 Å². The van der Waals surface area contributed by atoms with Crippen LogP contribution in [0.25, 0.3) is 0 Å². The molecule has 0 aromatic heterocycles. The molecule has 19 heavy (non-hydrogen) atoms. The maximum atomic E-state index is 6.42. The van der Waals surface area contributed by atoms with Crippen LogP contribution in [0.3, 0.4) is 0 Å². The molecule has 3 rings (SSSR count). The highest BCUT2D eigenvalue weighted by Crippen LogP contribution is 2.31. The van der Waals surface area contributed by atoms with Crippen LogP contribution in [0, 0.1) is 0 Å². The summed E-state index contributed by atoms with van der Waals surface area (Å²) >= 11 is 8.48. The van der Waals surface area contributed by atoms with Gasteiger partial charge < -0.3 is 10.2 Å². The van der Waals surface area contributed by atoms with Gasteiger partial charge in [-0.3, -0.25) is 0 Å². The number of hydrogen-bond acceptors (Lipinski definition) is 3. The Bertz CT molecular complexity index is 448. The lowest BCUT2D eigenvalue weighted by molar-refractivity contribution is 0.682. The normalized spacial score (nSPS) is 23.7. The third-order valence-electron chi connectivity index (χ3n) is 3.82. The number of hydrogen-bond donors (Lipinski definition) is 1. The molecular weight excluding hydrogens is 276 g/mol. The first-order chi connectivity index (χ1) is 9.24. The van der Waals surface area contributed by atoms with Gasteiger partial charge in [-0.25, -0.2) is 0 Å². The summed E-state index contributed by atoms with van der Waals surface area (Å²) in [7, 11) is 0. The van der Waals surface area contributed by atoms with Gasteiger partial charge in [0.1, 0.15) is 0 Å². The minimum Gasteiger partial charge on any atom is -0.369 e. The summed E-state index contributed by atoms with van der Waals surface area (Å²) in [5.74, 6) is 1.21. The predicted molar refractivity (Wildman–Crippen MR) is 85.4 cm³/mol. The molecule has 0 radical (unpaired) electrons. The molecule has 2 nitrogen and oxygen atoms in total. The molecule has 2 aliphatic rings. The van der Waals surface area contributed by atoms with Crippen LogP contribution >= 0.6 is 23.4 Å². The van der Waals surface area contributed by atoms with E-state index in [9.17, 15) is 0 Å². The van der Waals surface area contributed by atoms with E-state index in [1.165, 1.54) is 29.8 Å². The Labute approximate surface area is 124 Å². The number of thioether (sulfide) groups is 1. The van der Waals surface area contributed by atoms with E-state index in [1.807, 2.05) is 6.07 Å². The second-order valence-electron chi connectivity index (χ2n) is 5.52. The first-order valence-corrected chi connectivity index (χ1v) is 8.54. The molecule has 104 valence electrons. The lowest BCUT2D eigenvalue weighted by atomic mass is 10.1. The van der Waals surface area contributed by atoms with Crippen molar-refractivity contribution in [1.29, 1.82) is 0 Å². The molecule has 1 N–H and O–H groups in total. The van der Waals surface area contributed by atoms with E-state index in [2.05, 4.69) is 41.0 Å². The lowest BCUT2D eigenvalue weighted by Crippen LogP contribution is -2.37. The Morgan fingerprint density at radius 3 is 3.00 bits per heavy atom. The van der Waals surface area contributed by atoms with Gasteiger partial charge in [0.25, 0.3) is 0 Å². The number of nitrogens with zero attached hydrogens (tertiary/aromatic N) is 1. The standard InChI is InChI=1S/C15H21ClN2S/c1-11-10-18(7-8-19-11)15-4-2-3-14(16)13(15)9-17-12-5-6-12/h2-4,11-12,17H,5-10H2,1H3. The minimum absolute atomic E-state index is 0.706. The van der Waals surface area contributed by atoms with Gasteiger partial charge in [-0.1, -0.05) is 24.6 Å².